The van der Waals surface area contributed by atoms with Gasteiger partial charge in [0.05, 0.1) is 11.1 Å². The number of amides is 5. The first-order valence-electron chi connectivity index (χ1n) is 21.2. The van der Waals surface area contributed by atoms with Gasteiger partial charge in [0.15, 0.2) is 0 Å². The van der Waals surface area contributed by atoms with Crippen LogP contribution in [-0.2, 0) is 36.9 Å². The van der Waals surface area contributed by atoms with Gasteiger partial charge in [0.1, 0.15) is 30.0 Å². The fraction of sp³-hybridized carbons (Fsp3) is 0.630. The number of likely N-dealkylation sites (tertiary alicyclic amines) is 3. The standard InChI is InChI=1S/2C18H26N2O4.C10H20N2O2/c2*1-17(2,3)24-16(22)20-11-10-18(4,13-20)19-15(21)23-12-14-8-6-5-7-9-14;1-9(2,3)14-8(13)12-6-5-10(4,11)7-12/h2*5-9H,10-13H2,1-4H3,(H,19,21);5-7,11H2,1-4H3/t2*18-;/m10./s1. The molecule has 3 heterocycles. The van der Waals surface area contributed by atoms with Crippen LogP contribution >= 0.6 is 0 Å². The van der Waals surface area contributed by atoms with E-state index in [2.05, 4.69) is 10.6 Å². The quantitative estimate of drug-likeness (QED) is 0.239. The number of ether oxygens (including phenoxy) is 5. The number of carbonyl (C=O) groups excluding carboxylic acids is 5. The summed E-state index contributed by atoms with van der Waals surface area (Å²) in [4.78, 5) is 64.7. The lowest BCUT2D eigenvalue weighted by atomic mass is 10.0. The highest BCUT2D eigenvalue weighted by Crippen LogP contribution is 2.25. The van der Waals surface area contributed by atoms with Crippen molar-refractivity contribution in [3.63, 3.8) is 0 Å². The predicted molar refractivity (Wildman–Crippen MR) is 236 cm³/mol. The summed E-state index contributed by atoms with van der Waals surface area (Å²) >= 11 is 0. The molecule has 1 unspecified atom stereocenters. The van der Waals surface area contributed by atoms with Gasteiger partial charge in [0.2, 0.25) is 0 Å². The maximum absolute atomic E-state index is 12.1. The fourth-order valence-corrected chi connectivity index (χ4v) is 6.57. The van der Waals surface area contributed by atoms with Crippen LogP contribution in [-0.4, -0.2) is 118 Å². The summed E-state index contributed by atoms with van der Waals surface area (Å²) in [5.41, 5.74) is 5.02. The van der Waals surface area contributed by atoms with Crippen LogP contribution in [0.3, 0.4) is 0 Å². The molecule has 0 bridgehead atoms. The average molecular weight is 869 g/mol. The van der Waals surface area contributed by atoms with Gasteiger partial charge in [0.25, 0.3) is 0 Å². The van der Waals surface area contributed by atoms with Gasteiger partial charge in [-0.3, -0.25) is 0 Å². The molecule has 2 aromatic carbocycles. The Kier molecular flexibility index (Phi) is 17.5. The minimum atomic E-state index is -0.530. The van der Waals surface area contributed by atoms with E-state index in [1.807, 2.05) is 144 Å². The molecule has 2 aromatic rings. The molecule has 0 spiro atoms. The van der Waals surface area contributed by atoms with E-state index in [0.717, 1.165) is 17.5 Å². The molecule has 346 valence electrons. The molecule has 3 fully saturated rings. The first-order valence-corrected chi connectivity index (χ1v) is 21.2. The van der Waals surface area contributed by atoms with Crippen molar-refractivity contribution >= 4 is 30.5 Å². The van der Waals surface area contributed by atoms with Crippen molar-refractivity contribution in [2.45, 2.75) is 149 Å². The molecule has 5 rings (SSSR count). The van der Waals surface area contributed by atoms with E-state index in [1.54, 1.807) is 14.7 Å². The van der Waals surface area contributed by atoms with Crippen LogP contribution < -0.4 is 16.4 Å². The molecule has 0 radical (unpaired) electrons. The number of nitrogens with zero attached hydrogens (tertiary/aromatic N) is 3. The van der Waals surface area contributed by atoms with Gasteiger partial charge in [-0.1, -0.05) is 60.7 Å². The average Bonchev–Trinajstić information content (AvgIpc) is 3.85. The number of nitrogens with one attached hydrogen (secondary N) is 2. The van der Waals surface area contributed by atoms with Gasteiger partial charge in [-0.15, -0.1) is 0 Å². The van der Waals surface area contributed by atoms with Crippen molar-refractivity contribution in [2.75, 3.05) is 39.3 Å². The number of nitrogens with two attached hydrogens (primary N) is 1. The molecule has 16 nitrogen and oxygen atoms in total. The van der Waals surface area contributed by atoms with Crippen molar-refractivity contribution < 1.29 is 47.7 Å². The Balaban J connectivity index is 0.000000257. The van der Waals surface area contributed by atoms with E-state index in [0.29, 0.717) is 52.1 Å². The topological polar surface area (TPSA) is 191 Å². The Hall–Kier alpha value is -5.25. The maximum Gasteiger partial charge on any atom is 0.410 e. The normalized spacial score (nSPS) is 22.2. The molecule has 16 heteroatoms. The molecule has 0 aromatic heterocycles. The first-order chi connectivity index (χ1) is 28.5. The van der Waals surface area contributed by atoms with Gasteiger partial charge in [-0.05, 0) is 113 Å². The molecular formula is C46H72N6O10. The minimum absolute atomic E-state index is 0.221. The molecule has 4 N–H and O–H groups in total. The van der Waals surface area contributed by atoms with Crippen LogP contribution in [0.4, 0.5) is 24.0 Å². The SMILES string of the molecule is CC(C)(C)OC(=O)N1CC[C@@](C)(NC(=O)OCc2ccccc2)C1.CC(C)(C)OC(=O)N1CC[C@](C)(NC(=O)OCc2ccccc2)C1.CC1(N)CCN(C(=O)OC(C)(C)C)C1. The number of alkyl carbamates (subject to hydrolysis) is 2. The second-order valence-electron chi connectivity index (χ2n) is 20.1. The molecule has 3 aliphatic heterocycles. The van der Waals surface area contributed by atoms with Gasteiger partial charge in [0, 0.05) is 44.8 Å². The van der Waals surface area contributed by atoms with E-state index >= 15 is 0 Å². The number of hydrogen-bond acceptors (Lipinski definition) is 11. The van der Waals surface area contributed by atoms with Crippen LogP contribution in [0, 0.1) is 0 Å². The lowest BCUT2D eigenvalue weighted by Crippen LogP contribution is -2.49. The largest absolute Gasteiger partial charge is 0.445 e. The monoisotopic (exact) mass is 869 g/mol. The molecule has 0 aliphatic carbocycles. The summed E-state index contributed by atoms with van der Waals surface area (Å²) in [6.07, 6.45) is 0.230. The van der Waals surface area contributed by atoms with Crippen LogP contribution in [0.1, 0.15) is 113 Å². The van der Waals surface area contributed by atoms with E-state index in [9.17, 15) is 24.0 Å². The molecule has 62 heavy (non-hydrogen) atoms. The van der Waals surface area contributed by atoms with Crippen LogP contribution in [0.15, 0.2) is 60.7 Å². The third kappa shape index (κ3) is 19.2. The second-order valence-corrected chi connectivity index (χ2v) is 20.1. The van der Waals surface area contributed by atoms with Gasteiger partial charge >= 0.3 is 30.5 Å². The van der Waals surface area contributed by atoms with Crippen LogP contribution in [0.5, 0.6) is 0 Å². The Bertz CT molecular complexity index is 1690. The van der Waals surface area contributed by atoms with Gasteiger partial charge in [-0.2, -0.15) is 0 Å². The summed E-state index contributed by atoms with van der Waals surface area (Å²) in [5.74, 6) is 0. The first kappa shape index (κ1) is 51.1. The van der Waals surface area contributed by atoms with Gasteiger partial charge < -0.3 is 54.8 Å². The zero-order chi connectivity index (χ0) is 46.6. The van der Waals surface area contributed by atoms with Crippen molar-refractivity contribution in [2.24, 2.45) is 5.73 Å². The van der Waals surface area contributed by atoms with Crippen LogP contribution in [0.25, 0.3) is 0 Å². The summed E-state index contributed by atoms with van der Waals surface area (Å²) < 4.78 is 26.5. The number of rotatable bonds is 6. The Morgan fingerprint density at radius 1 is 0.532 bits per heavy atom. The highest BCUT2D eigenvalue weighted by Gasteiger charge is 2.41. The van der Waals surface area contributed by atoms with Crippen molar-refractivity contribution in [3.05, 3.63) is 71.8 Å². The molecule has 3 saturated heterocycles. The number of carbonyl (C=O) groups is 5. The van der Waals surface area contributed by atoms with Crippen molar-refractivity contribution in [1.29, 1.82) is 0 Å². The van der Waals surface area contributed by atoms with Crippen molar-refractivity contribution in [1.82, 2.24) is 25.3 Å². The minimum Gasteiger partial charge on any atom is -0.445 e. The second kappa shape index (κ2) is 21.2. The third-order valence-corrected chi connectivity index (χ3v) is 9.64. The van der Waals surface area contributed by atoms with Gasteiger partial charge in [-0.25, -0.2) is 24.0 Å². The Labute approximate surface area is 368 Å². The molecule has 5 amide bonds. The molecule has 3 atom stereocenters. The Morgan fingerprint density at radius 3 is 1.13 bits per heavy atom. The molecular weight excluding hydrogens is 797 g/mol. The van der Waals surface area contributed by atoms with E-state index < -0.39 is 40.1 Å². The summed E-state index contributed by atoms with van der Waals surface area (Å²) in [6.45, 7) is 26.0. The lowest BCUT2D eigenvalue weighted by Gasteiger charge is -2.27. The molecule has 0 saturated carbocycles. The summed E-state index contributed by atoms with van der Waals surface area (Å²) in [7, 11) is 0. The zero-order valence-corrected chi connectivity index (χ0v) is 39.1. The zero-order valence-electron chi connectivity index (χ0n) is 39.1. The number of benzene rings is 2. The highest BCUT2D eigenvalue weighted by atomic mass is 16.6. The number of hydrogen-bond donors (Lipinski definition) is 3. The smallest absolute Gasteiger partial charge is 0.410 e. The summed E-state index contributed by atoms with van der Waals surface area (Å²) in [6, 6.07) is 19.0. The Morgan fingerprint density at radius 2 is 0.839 bits per heavy atom. The third-order valence-electron chi connectivity index (χ3n) is 9.64. The predicted octanol–water partition coefficient (Wildman–Crippen LogP) is 7.97. The van der Waals surface area contributed by atoms with E-state index in [4.69, 9.17) is 29.4 Å². The van der Waals surface area contributed by atoms with E-state index in [-0.39, 0.29) is 37.0 Å². The van der Waals surface area contributed by atoms with Crippen LogP contribution in [0.2, 0.25) is 0 Å². The lowest BCUT2D eigenvalue weighted by molar-refractivity contribution is 0.0271. The molecule has 3 aliphatic rings. The van der Waals surface area contributed by atoms with Crippen molar-refractivity contribution in [3.8, 4) is 0 Å². The maximum atomic E-state index is 12.1. The summed E-state index contributed by atoms with van der Waals surface area (Å²) in [5, 5.41) is 5.73. The fourth-order valence-electron chi connectivity index (χ4n) is 6.57. The van der Waals surface area contributed by atoms with E-state index in [1.165, 1.54) is 0 Å². The highest BCUT2D eigenvalue weighted by molar-refractivity contribution is 5.72.